The second kappa shape index (κ2) is 9.29. The van der Waals surface area contributed by atoms with Gasteiger partial charge in [0.1, 0.15) is 23.9 Å². The van der Waals surface area contributed by atoms with Gasteiger partial charge in [-0.1, -0.05) is 48.9 Å². The van der Waals surface area contributed by atoms with Crippen molar-refractivity contribution in [2.75, 3.05) is 6.54 Å². The van der Waals surface area contributed by atoms with E-state index in [-0.39, 0.29) is 45.9 Å². The first-order valence-corrected chi connectivity index (χ1v) is 13.9. The summed E-state index contributed by atoms with van der Waals surface area (Å²) in [7, 11) is 1.74. The lowest BCUT2D eigenvalue weighted by molar-refractivity contribution is 0.0333. The molecule has 10 heteroatoms. The minimum Gasteiger partial charge on any atom is -0.483 e. The van der Waals surface area contributed by atoms with Gasteiger partial charge in [0.15, 0.2) is 17.2 Å². The van der Waals surface area contributed by atoms with E-state index in [1.807, 2.05) is 37.3 Å². The lowest BCUT2D eigenvalue weighted by atomic mass is 9.73. The Hall–Kier alpha value is -3.95. The van der Waals surface area contributed by atoms with Gasteiger partial charge in [0, 0.05) is 53.0 Å². The summed E-state index contributed by atoms with van der Waals surface area (Å²) >= 11 is 6.67. The molecular weight excluding hydrogens is 550 g/mol. The molecule has 210 valence electrons. The molecular formula is C31H27ClF2N4O3. The average molecular weight is 577 g/mol. The van der Waals surface area contributed by atoms with Crippen LogP contribution in [-0.2, 0) is 19.3 Å². The highest BCUT2D eigenvalue weighted by Gasteiger charge is 2.55. The Kier molecular flexibility index (Phi) is 5.89. The molecule has 0 unspecified atom stereocenters. The summed E-state index contributed by atoms with van der Waals surface area (Å²) < 4.78 is 46.4. The number of fused-ring (bicyclic) bond motifs is 4. The molecule has 0 spiro atoms. The van der Waals surface area contributed by atoms with E-state index in [0.29, 0.717) is 22.4 Å². The topological polar surface area (TPSA) is 91.4 Å². The van der Waals surface area contributed by atoms with Gasteiger partial charge in [-0.3, -0.25) is 9.48 Å². The quantitative estimate of drug-likeness (QED) is 0.319. The second-order valence-electron chi connectivity index (χ2n) is 10.9. The fourth-order valence-corrected chi connectivity index (χ4v) is 7.16. The van der Waals surface area contributed by atoms with Crippen molar-refractivity contribution in [3.63, 3.8) is 0 Å². The standard InChI is InChI=1S/C31H27ClF2N4O3/c1-15-24-22(41-31(15,23-9-6-10-36-23)16-7-4-3-5-8-16)12-20(33)27(32)26(24)25-18(30(35)39)11-17-19-13-38(2)37-21(19)14-40-29(17)28(25)34/h3-5,7-8,11-13,15,23,36H,6,9-10,14H2,1-2H3,(H2,35,39)/t15-,23-,31-/m0/s1. The second-order valence-corrected chi connectivity index (χ2v) is 11.3. The van der Waals surface area contributed by atoms with Gasteiger partial charge in [0.25, 0.3) is 0 Å². The predicted molar refractivity (Wildman–Crippen MR) is 150 cm³/mol. The van der Waals surface area contributed by atoms with Crippen molar-refractivity contribution in [2.24, 2.45) is 12.8 Å². The van der Waals surface area contributed by atoms with Gasteiger partial charge in [-0.15, -0.1) is 0 Å². The summed E-state index contributed by atoms with van der Waals surface area (Å²) in [6, 6.07) is 12.4. The molecule has 3 N–H and O–H groups in total. The SMILES string of the molecule is C[C@H]1c2c(cc(F)c(Cl)c2-c2c(C(N)=O)cc3c(c2F)OCc2nn(C)cc2-3)O[C@@]1(c1ccccc1)[C@@H]1CCCN1. The number of nitrogens with one attached hydrogen (secondary N) is 1. The molecule has 1 aromatic heterocycles. The predicted octanol–water partition coefficient (Wildman–Crippen LogP) is 5.82. The molecule has 3 aliphatic rings. The van der Waals surface area contributed by atoms with Crippen molar-refractivity contribution in [1.29, 1.82) is 0 Å². The van der Waals surface area contributed by atoms with Crippen molar-refractivity contribution < 1.29 is 23.0 Å². The lowest BCUT2D eigenvalue weighted by Crippen LogP contribution is -2.50. The minimum atomic E-state index is -0.926. The van der Waals surface area contributed by atoms with E-state index in [1.165, 1.54) is 12.1 Å². The summed E-state index contributed by atoms with van der Waals surface area (Å²) in [5, 5.41) is 7.60. The Morgan fingerprint density at radius 2 is 1.98 bits per heavy atom. The van der Waals surface area contributed by atoms with Gasteiger partial charge >= 0.3 is 0 Å². The smallest absolute Gasteiger partial charge is 0.249 e. The van der Waals surface area contributed by atoms with E-state index in [0.717, 1.165) is 24.9 Å². The number of nitrogens with zero attached hydrogens (tertiary/aromatic N) is 2. The zero-order chi connectivity index (χ0) is 28.6. The third kappa shape index (κ3) is 3.65. The molecule has 0 bridgehead atoms. The molecule has 1 amide bonds. The van der Waals surface area contributed by atoms with E-state index < -0.39 is 29.1 Å². The number of primary amides is 1. The highest BCUT2D eigenvalue weighted by atomic mass is 35.5. The first kappa shape index (κ1) is 26.0. The first-order chi connectivity index (χ1) is 19.7. The summed E-state index contributed by atoms with van der Waals surface area (Å²) in [6.07, 6.45) is 3.51. The number of halogens is 3. The first-order valence-electron chi connectivity index (χ1n) is 13.5. The molecule has 3 aliphatic heterocycles. The van der Waals surface area contributed by atoms with Crippen LogP contribution in [0.2, 0.25) is 5.02 Å². The van der Waals surface area contributed by atoms with Crippen molar-refractivity contribution in [3.8, 4) is 33.8 Å². The Labute approximate surface area is 240 Å². The largest absolute Gasteiger partial charge is 0.483 e. The summed E-state index contributed by atoms with van der Waals surface area (Å²) in [6.45, 7) is 2.82. The third-order valence-electron chi connectivity index (χ3n) is 8.67. The number of carbonyl (C=O) groups excluding carboxylic acids is 1. The van der Waals surface area contributed by atoms with Crippen LogP contribution in [-0.4, -0.2) is 28.3 Å². The highest BCUT2D eigenvalue weighted by Crippen LogP contribution is 2.59. The average Bonchev–Trinajstić information content (AvgIpc) is 3.69. The number of amides is 1. The molecule has 0 radical (unpaired) electrons. The number of hydrogen-bond donors (Lipinski definition) is 2. The molecule has 3 aromatic carbocycles. The van der Waals surface area contributed by atoms with E-state index in [2.05, 4.69) is 10.4 Å². The van der Waals surface area contributed by atoms with Crippen LogP contribution in [0.4, 0.5) is 8.78 Å². The van der Waals surface area contributed by atoms with Crippen LogP contribution in [0.1, 0.15) is 52.9 Å². The van der Waals surface area contributed by atoms with E-state index in [9.17, 15) is 4.79 Å². The number of aromatic nitrogens is 2. The van der Waals surface area contributed by atoms with Gasteiger partial charge in [-0.05, 0) is 31.0 Å². The Morgan fingerprint density at radius 1 is 1.20 bits per heavy atom. The van der Waals surface area contributed by atoms with Crippen molar-refractivity contribution in [1.82, 2.24) is 15.1 Å². The fraction of sp³-hybridized carbons (Fsp3) is 0.290. The monoisotopic (exact) mass is 576 g/mol. The molecule has 4 heterocycles. The zero-order valence-corrected chi connectivity index (χ0v) is 23.2. The molecule has 3 atom stereocenters. The Bertz CT molecular complexity index is 1740. The van der Waals surface area contributed by atoms with Crippen LogP contribution in [0.15, 0.2) is 48.7 Å². The van der Waals surface area contributed by atoms with Crippen LogP contribution in [0.3, 0.4) is 0 Å². The normalized spacial score (nSPS) is 22.5. The Morgan fingerprint density at radius 3 is 2.68 bits per heavy atom. The van der Waals surface area contributed by atoms with Crippen LogP contribution in [0, 0.1) is 11.6 Å². The summed E-state index contributed by atoms with van der Waals surface area (Å²) in [5.41, 5.74) is 7.60. The van der Waals surface area contributed by atoms with E-state index in [4.69, 9.17) is 26.8 Å². The summed E-state index contributed by atoms with van der Waals surface area (Å²) in [4.78, 5) is 12.9. The van der Waals surface area contributed by atoms with Crippen molar-refractivity contribution in [2.45, 2.75) is 43.9 Å². The van der Waals surface area contributed by atoms with Gasteiger partial charge in [0.05, 0.1) is 16.6 Å². The maximum atomic E-state index is 16.7. The number of rotatable bonds is 4. The fourth-order valence-electron chi connectivity index (χ4n) is 6.91. The molecule has 7 rings (SSSR count). The number of aryl methyl sites for hydroxylation is 1. The van der Waals surface area contributed by atoms with E-state index in [1.54, 1.807) is 17.9 Å². The number of ether oxygens (including phenoxy) is 2. The van der Waals surface area contributed by atoms with Crippen LogP contribution < -0.4 is 20.5 Å². The minimum absolute atomic E-state index is 0.0361. The molecule has 7 nitrogen and oxygen atoms in total. The zero-order valence-electron chi connectivity index (χ0n) is 22.4. The molecule has 1 fully saturated rings. The highest BCUT2D eigenvalue weighted by molar-refractivity contribution is 6.34. The van der Waals surface area contributed by atoms with Gasteiger partial charge < -0.3 is 20.5 Å². The van der Waals surface area contributed by atoms with Crippen LogP contribution >= 0.6 is 11.6 Å². The number of hydrogen-bond acceptors (Lipinski definition) is 5. The van der Waals surface area contributed by atoms with Crippen molar-refractivity contribution in [3.05, 3.63) is 87.7 Å². The summed E-state index contributed by atoms with van der Waals surface area (Å²) in [5.74, 6) is -2.76. The molecule has 0 saturated carbocycles. The molecule has 0 aliphatic carbocycles. The maximum absolute atomic E-state index is 16.7. The van der Waals surface area contributed by atoms with Gasteiger partial charge in [-0.2, -0.15) is 5.10 Å². The Balaban J connectivity index is 1.51. The number of carbonyl (C=O) groups is 1. The van der Waals surface area contributed by atoms with Crippen LogP contribution in [0.25, 0.3) is 22.3 Å². The maximum Gasteiger partial charge on any atom is 0.249 e. The number of nitrogens with two attached hydrogens (primary N) is 1. The lowest BCUT2D eigenvalue weighted by Gasteiger charge is -2.39. The van der Waals surface area contributed by atoms with Gasteiger partial charge in [0.2, 0.25) is 5.91 Å². The third-order valence-corrected chi connectivity index (χ3v) is 9.04. The molecule has 1 saturated heterocycles. The van der Waals surface area contributed by atoms with E-state index >= 15 is 8.78 Å². The van der Waals surface area contributed by atoms with Crippen LogP contribution in [0.5, 0.6) is 11.5 Å². The van der Waals surface area contributed by atoms with Crippen molar-refractivity contribution >= 4 is 17.5 Å². The van der Waals surface area contributed by atoms with Gasteiger partial charge in [-0.25, -0.2) is 8.78 Å². The molecule has 41 heavy (non-hydrogen) atoms. The number of benzene rings is 3. The molecule has 4 aromatic rings.